The van der Waals surface area contributed by atoms with Crippen LogP contribution in [0.15, 0.2) is 21.1 Å². The summed E-state index contributed by atoms with van der Waals surface area (Å²) in [6.45, 7) is -3.04. The van der Waals surface area contributed by atoms with E-state index >= 15 is 0 Å². The number of halogens is 5. The summed E-state index contributed by atoms with van der Waals surface area (Å²) in [4.78, 5) is 0. The number of ether oxygens (including phenoxy) is 1. The largest absolute Gasteiger partial charge is 0.430 e. The lowest BCUT2D eigenvalue weighted by atomic mass is 10.3. The Hall–Kier alpha value is -0.230. The fourth-order valence-electron chi connectivity index (χ4n) is 0.706. The summed E-state index contributed by atoms with van der Waals surface area (Å²) < 4.78 is 41.0. The van der Waals surface area contributed by atoms with E-state index in [1.807, 2.05) is 0 Å². The average Bonchev–Trinajstić information content (AvgIpc) is 2.05. The number of alkyl halides is 2. The van der Waals surface area contributed by atoms with Crippen LogP contribution in [0.5, 0.6) is 5.75 Å². The molecule has 1 aromatic rings. The van der Waals surface area contributed by atoms with Crippen molar-refractivity contribution in [1.29, 1.82) is 0 Å². The minimum absolute atomic E-state index is 0.132. The second kappa shape index (κ2) is 4.32. The highest BCUT2D eigenvalue weighted by Crippen LogP contribution is 2.35. The molecule has 0 unspecified atom stereocenters. The van der Waals surface area contributed by atoms with E-state index in [0.29, 0.717) is 4.47 Å². The zero-order valence-corrected chi connectivity index (χ0v) is 9.20. The molecule has 0 spiro atoms. The summed E-state index contributed by atoms with van der Waals surface area (Å²) in [6.07, 6.45) is 0. The fourth-order valence-corrected chi connectivity index (χ4v) is 1.43. The van der Waals surface area contributed by atoms with Crippen LogP contribution in [-0.2, 0) is 0 Å². The van der Waals surface area contributed by atoms with Gasteiger partial charge in [-0.2, -0.15) is 8.78 Å². The molecular formula is C7H3Br2F3O. The van der Waals surface area contributed by atoms with Gasteiger partial charge in [-0.15, -0.1) is 0 Å². The molecule has 0 atom stereocenters. The Morgan fingerprint density at radius 3 is 2.38 bits per heavy atom. The van der Waals surface area contributed by atoms with E-state index in [0.717, 1.165) is 6.07 Å². The van der Waals surface area contributed by atoms with E-state index in [1.54, 1.807) is 0 Å². The first kappa shape index (κ1) is 10.8. The summed E-state index contributed by atoms with van der Waals surface area (Å²) in [5.41, 5.74) is 0. The summed E-state index contributed by atoms with van der Waals surface area (Å²) in [5.74, 6) is -1.33. The maximum atomic E-state index is 12.9. The van der Waals surface area contributed by atoms with Crippen LogP contribution in [0.2, 0.25) is 0 Å². The summed E-state index contributed by atoms with van der Waals surface area (Å²) in [5, 5.41) is 0. The Balaban J connectivity index is 3.10. The molecule has 1 aromatic carbocycles. The van der Waals surface area contributed by atoms with Gasteiger partial charge in [0.05, 0.1) is 4.47 Å². The number of hydrogen-bond acceptors (Lipinski definition) is 1. The third-order valence-corrected chi connectivity index (χ3v) is 3.19. The van der Waals surface area contributed by atoms with Gasteiger partial charge in [-0.25, -0.2) is 4.39 Å². The minimum atomic E-state index is -3.04. The normalized spacial score (nSPS) is 10.6. The van der Waals surface area contributed by atoms with E-state index in [9.17, 15) is 13.2 Å². The molecule has 0 bridgehead atoms. The lowest BCUT2D eigenvalue weighted by Gasteiger charge is -2.08. The molecule has 1 rings (SSSR count). The molecule has 0 amide bonds. The van der Waals surface area contributed by atoms with Crippen molar-refractivity contribution < 1.29 is 17.9 Å². The van der Waals surface area contributed by atoms with Gasteiger partial charge in [0, 0.05) is 4.47 Å². The van der Waals surface area contributed by atoms with Crippen molar-refractivity contribution in [2.45, 2.75) is 6.61 Å². The van der Waals surface area contributed by atoms with Crippen molar-refractivity contribution in [2.75, 3.05) is 0 Å². The topological polar surface area (TPSA) is 9.23 Å². The molecule has 72 valence electrons. The molecular weight excluding hydrogens is 317 g/mol. The quantitative estimate of drug-likeness (QED) is 0.750. The molecule has 0 fully saturated rings. The zero-order chi connectivity index (χ0) is 10.0. The molecule has 0 saturated carbocycles. The minimum Gasteiger partial charge on any atom is -0.430 e. The lowest BCUT2D eigenvalue weighted by molar-refractivity contribution is -0.0527. The average molecular weight is 320 g/mol. The van der Waals surface area contributed by atoms with E-state index in [4.69, 9.17) is 0 Å². The van der Waals surface area contributed by atoms with Crippen molar-refractivity contribution >= 4 is 31.9 Å². The van der Waals surface area contributed by atoms with Crippen LogP contribution in [-0.4, -0.2) is 6.61 Å². The van der Waals surface area contributed by atoms with Crippen molar-refractivity contribution in [2.24, 2.45) is 0 Å². The molecule has 0 radical (unpaired) electrons. The lowest BCUT2D eigenvalue weighted by Crippen LogP contribution is -2.04. The van der Waals surface area contributed by atoms with Gasteiger partial charge in [0.1, 0.15) is 0 Å². The highest BCUT2D eigenvalue weighted by Gasteiger charge is 2.15. The van der Waals surface area contributed by atoms with E-state index in [-0.39, 0.29) is 4.47 Å². The van der Waals surface area contributed by atoms with Crippen LogP contribution >= 0.6 is 31.9 Å². The van der Waals surface area contributed by atoms with Crippen LogP contribution in [0.25, 0.3) is 0 Å². The Morgan fingerprint density at radius 2 is 1.85 bits per heavy atom. The Kier molecular flexibility index (Phi) is 3.61. The molecule has 0 heterocycles. The Morgan fingerprint density at radius 1 is 1.23 bits per heavy atom. The third-order valence-electron chi connectivity index (χ3n) is 1.21. The summed E-state index contributed by atoms with van der Waals surface area (Å²) in [6, 6.07) is 2.42. The van der Waals surface area contributed by atoms with E-state index in [1.165, 1.54) is 6.07 Å². The second-order valence-electron chi connectivity index (χ2n) is 2.05. The van der Waals surface area contributed by atoms with Crippen molar-refractivity contribution in [3.05, 3.63) is 26.9 Å². The van der Waals surface area contributed by atoms with Crippen molar-refractivity contribution in [3.8, 4) is 5.75 Å². The first-order valence-electron chi connectivity index (χ1n) is 3.10. The van der Waals surface area contributed by atoms with Gasteiger partial charge >= 0.3 is 6.61 Å². The van der Waals surface area contributed by atoms with Gasteiger partial charge in [0.15, 0.2) is 11.6 Å². The smallest absolute Gasteiger partial charge is 0.387 e. The molecule has 0 aliphatic rings. The Labute approximate surface area is 89.1 Å². The summed E-state index contributed by atoms with van der Waals surface area (Å²) >= 11 is 5.95. The molecule has 0 saturated heterocycles. The van der Waals surface area contributed by atoms with Gasteiger partial charge in [0.2, 0.25) is 0 Å². The fraction of sp³-hybridized carbons (Fsp3) is 0.143. The number of hydrogen-bond donors (Lipinski definition) is 0. The van der Waals surface area contributed by atoms with Crippen LogP contribution in [0.1, 0.15) is 0 Å². The highest BCUT2D eigenvalue weighted by molar-refractivity contribution is 9.13. The van der Waals surface area contributed by atoms with Crippen LogP contribution in [0.3, 0.4) is 0 Å². The standard InChI is InChI=1S/C7H3Br2F3O/c8-3-1-2-4(10)6(5(3)9)13-7(11)12/h1-2,7H. The van der Waals surface area contributed by atoms with E-state index < -0.39 is 18.2 Å². The predicted molar refractivity (Wildman–Crippen MR) is 48.4 cm³/mol. The third kappa shape index (κ3) is 2.60. The first-order valence-corrected chi connectivity index (χ1v) is 4.69. The predicted octanol–water partition coefficient (Wildman–Crippen LogP) is 3.95. The highest BCUT2D eigenvalue weighted by atomic mass is 79.9. The van der Waals surface area contributed by atoms with Gasteiger partial charge in [-0.05, 0) is 44.0 Å². The zero-order valence-electron chi connectivity index (χ0n) is 6.03. The van der Waals surface area contributed by atoms with Crippen LogP contribution < -0.4 is 4.74 Å². The number of benzene rings is 1. The van der Waals surface area contributed by atoms with Gasteiger partial charge in [-0.3, -0.25) is 0 Å². The maximum absolute atomic E-state index is 12.9. The van der Waals surface area contributed by atoms with Gasteiger partial charge in [-0.1, -0.05) is 0 Å². The molecule has 6 heteroatoms. The van der Waals surface area contributed by atoms with E-state index in [2.05, 4.69) is 36.6 Å². The molecule has 0 aromatic heterocycles. The van der Waals surface area contributed by atoms with Crippen LogP contribution in [0.4, 0.5) is 13.2 Å². The monoisotopic (exact) mass is 318 g/mol. The van der Waals surface area contributed by atoms with Crippen molar-refractivity contribution in [3.63, 3.8) is 0 Å². The molecule has 0 aliphatic heterocycles. The Bertz CT molecular complexity index is 317. The van der Waals surface area contributed by atoms with Gasteiger partial charge in [0.25, 0.3) is 0 Å². The van der Waals surface area contributed by atoms with Crippen molar-refractivity contribution in [1.82, 2.24) is 0 Å². The SMILES string of the molecule is Fc1ccc(Br)c(Br)c1OC(F)F. The molecule has 13 heavy (non-hydrogen) atoms. The molecule has 0 N–H and O–H groups in total. The number of rotatable bonds is 2. The molecule has 0 aliphatic carbocycles. The van der Waals surface area contributed by atoms with Crippen LogP contribution in [0, 0.1) is 5.82 Å². The van der Waals surface area contributed by atoms with Gasteiger partial charge < -0.3 is 4.74 Å². The second-order valence-corrected chi connectivity index (χ2v) is 3.70. The maximum Gasteiger partial charge on any atom is 0.387 e. The molecule has 1 nitrogen and oxygen atoms in total. The first-order chi connectivity index (χ1) is 6.02. The summed E-state index contributed by atoms with van der Waals surface area (Å²) in [7, 11) is 0.